The van der Waals surface area contributed by atoms with Crippen molar-refractivity contribution in [3.63, 3.8) is 0 Å². The first-order valence-corrected chi connectivity index (χ1v) is 14.1. The normalized spacial score (nSPS) is 15.3. The van der Waals surface area contributed by atoms with Crippen molar-refractivity contribution in [2.75, 3.05) is 13.2 Å². The van der Waals surface area contributed by atoms with Gasteiger partial charge in [0.15, 0.2) is 4.80 Å². The molecule has 200 valence electrons. The lowest BCUT2D eigenvalue weighted by Gasteiger charge is -2.25. The van der Waals surface area contributed by atoms with E-state index in [-0.39, 0.29) is 12.2 Å². The summed E-state index contributed by atoms with van der Waals surface area (Å²) in [4.78, 5) is 32.9. The van der Waals surface area contributed by atoms with Gasteiger partial charge in [-0.25, -0.2) is 9.79 Å². The highest BCUT2D eigenvalue weighted by molar-refractivity contribution is 7.07. The second kappa shape index (κ2) is 10.6. The number of rotatable bonds is 6. The molecule has 2 heterocycles. The van der Waals surface area contributed by atoms with Gasteiger partial charge in [-0.1, -0.05) is 84.1 Å². The van der Waals surface area contributed by atoms with Crippen LogP contribution in [0.15, 0.2) is 99.9 Å². The summed E-state index contributed by atoms with van der Waals surface area (Å²) in [5.41, 5.74) is 2.39. The number of carbonyl (C=O) groups is 1. The Kier molecular flexibility index (Phi) is 6.82. The number of nitrogens with zero attached hydrogens (tertiary/aromatic N) is 2. The minimum Gasteiger partial charge on any atom is -0.493 e. The summed E-state index contributed by atoms with van der Waals surface area (Å²) >= 11 is 1.31. The highest BCUT2D eigenvalue weighted by Crippen LogP contribution is 2.35. The molecule has 0 spiro atoms. The largest absolute Gasteiger partial charge is 0.493 e. The number of allylic oxidation sites excluding steroid dienone is 1. The Hall–Kier alpha value is -4.49. The third-order valence-corrected chi connectivity index (χ3v) is 8.12. The van der Waals surface area contributed by atoms with Crippen molar-refractivity contribution < 1.29 is 14.3 Å². The number of hydrogen-bond donors (Lipinski definition) is 0. The van der Waals surface area contributed by atoms with E-state index >= 15 is 0 Å². The monoisotopic (exact) mass is 548 g/mol. The Labute approximate surface area is 235 Å². The predicted octanol–water partition coefficient (Wildman–Crippen LogP) is 5.50. The molecule has 0 saturated carbocycles. The first-order valence-electron chi connectivity index (χ1n) is 13.3. The van der Waals surface area contributed by atoms with Crippen LogP contribution >= 0.6 is 11.3 Å². The molecule has 6 rings (SSSR count). The van der Waals surface area contributed by atoms with Crippen LogP contribution in [0, 0.1) is 0 Å². The van der Waals surface area contributed by atoms with Gasteiger partial charge in [-0.15, -0.1) is 0 Å². The van der Waals surface area contributed by atoms with Gasteiger partial charge in [0.1, 0.15) is 5.75 Å². The van der Waals surface area contributed by atoms with Crippen LogP contribution in [0.4, 0.5) is 0 Å². The molecule has 6 nitrogen and oxygen atoms in total. The van der Waals surface area contributed by atoms with Crippen molar-refractivity contribution in [2.24, 2.45) is 4.99 Å². The maximum Gasteiger partial charge on any atom is 0.338 e. The van der Waals surface area contributed by atoms with Crippen LogP contribution in [-0.2, 0) is 9.53 Å². The Balaban J connectivity index is 1.65. The van der Waals surface area contributed by atoms with Crippen molar-refractivity contribution in [2.45, 2.75) is 26.8 Å². The number of benzene rings is 4. The molecule has 1 aromatic heterocycles. The van der Waals surface area contributed by atoms with E-state index in [9.17, 15) is 9.59 Å². The summed E-state index contributed by atoms with van der Waals surface area (Å²) < 4.78 is 13.6. The molecule has 1 aliphatic heterocycles. The van der Waals surface area contributed by atoms with Crippen LogP contribution < -0.4 is 19.6 Å². The van der Waals surface area contributed by atoms with E-state index in [1.54, 1.807) is 18.4 Å². The summed E-state index contributed by atoms with van der Waals surface area (Å²) in [7, 11) is 0. The van der Waals surface area contributed by atoms with Crippen molar-refractivity contribution >= 4 is 44.9 Å². The zero-order valence-corrected chi connectivity index (χ0v) is 23.3. The van der Waals surface area contributed by atoms with Crippen LogP contribution in [0.1, 0.15) is 37.9 Å². The van der Waals surface area contributed by atoms with E-state index in [2.05, 4.69) is 0 Å². The second-order valence-electron chi connectivity index (χ2n) is 9.50. The molecule has 0 saturated heterocycles. The Morgan fingerprint density at radius 2 is 1.62 bits per heavy atom. The molecule has 0 fully saturated rings. The van der Waals surface area contributed by atoms with E-state index in [4.69, 9.17) is 14.5 Å². The van der Waals surface area contributed by atoms with Gasteiger partial charge in [0.2, 0.25) is 0 Å². The van der Waals surface area contributed by atoms with Gasteiger partial charge in [0, 0.05) is 5.56 Å². The zero-order chi connectivity index (χ0) is 27.8. The molecule has 0 bridgehead atoms. The first-order chi connectivity index (χ1) is 19.5. The maximum atomic E-state index is 14.2. The summed E-state index contributed by atoms with van der Waals surface area (Å²) in [6.07, 6.45) is 1.89. The maximum absolute atomic E-state index is 14.2. The van der Waals surface area contributed by atoms with Crippen molar-refractivity contribution in [3.8, 4) is 5.75 Å². The SMILES string of the molecule is CCOC(=O)C1=C(C)N=c2s/c(=C\c3c(OCC)ccc4ccccc34)c(=O)n2[C@@H]1c1cccc2ccccc12. The lowest BCUT2D eigenvalue weighted by Crippen LogP contribution is -2.40. The van der Waals surface area contributed by atoms with Gasteiger partial charge in [-0.2, -0.15) is 0 Å². The molecule has 0 unspecified atom stereocenters. The van der Waals surface area contributed by atoms with Gasteiger partial charge in [-0.05, 0) is 60.0 Å². The first kappa shape index (κ1) is 25.8. The Bertz CT molecular complexity index is 2000. The molecule has 0 N–H and O–H groups in total. The van der Waals surface area contributed by atoms with Gasteiger partial charge >= 0.3 is 5.97 Å². The summed E-state index contributed by atoms with van der Waals surface area (Å²) in [5, 5.41) is 4.04. The second-order valence-corrected chi connectivity index (χ2v) is 10.5. The highest BCUT2D eigenvalue weighted by atomic mass is 32.1. The summed E-state index contributed by atoms with van der Waals surface area (Å²) in [6, 6.07) is 25.3. The van der Waals surface area contributed by atoms with E-state index in [1.165, 1.54) is 11.3 Å². The van der Waals surface area contributed by atoms with E-state index in [0.717, 1.165) is 32.7 Å². The molecule has 4 aromatic carbocycles. The van der Waals surface area contributed by atoms with Crippen molar-refractivity contribution in [1.29, 1.82) is 0 Å². The number of hydrogen-bond acceptors (Lipinski definition) is 6. The van der Waals surface area contributed by atoms with Crippen LogP contribution in [0.5, 0.6) is 5.75 Å². The molecular weight excluding hydrogens is 520 g/mol. The minimum atomic E-state index is -0.678. The molecule has 1 aliphatic rings. The standard InChI is InChI=1S/C33H28N2O4S/c1-4-38-27-18-17-22-12-7-9-15-24(22)26(27)19-28-31(36)35-30(25-16-10-13-21-11-6-8-14-23(21)25)29(32(37)39-5-2)20(3)34-33(35)40-28/h6-19,30H,4-5H2,1-3H3/b28-19-/t30-/m1/s1. The van der Waals surface area contributed by atoms with E-state index in [0.29, 0.717) is 33.0 Å². The van der Waals surface area contributed by atoms with Crippen molar-refractivity contribution in [1.82, 2.24) is 4.57 Å². The number of ether oxygens (including phenoxy) is 2. The smallest absolute Gasteiger partial charge is 0.338 e. The number of thiazole rings is 1. The number of esters is 1. The quantitative estimate of drug-likeness (QED) is 0.263. The van der Waals surface area contributed by atoms with Crippen LogP contribution in [-0.4, -0.2) is 23.8 Å². The average molecular weight is 549 g/mol. The molecule has 5 aromatic rings. The lowest BCUT2D eigenvalue weighted by molar-refractivity contribution is -0.139. The van der Waals surface area contributed by atoms with Gasteiger partial charge < -0.3 is 9.47 Å². The molecule has 0 aliphatic carbocycles. The molecule has 1 atom stereocenters. The van der Waals surface area contributed by atoms with Crippen LogP contribution in [0.25, 0.3) is 27.6 Å². The number of fused-ring (bicyclic) bond motifs is 3. The van der Waals surface area contributed by atoms with Gasteiger partial charge in [-0.3, -0.25) is 9.36 Å². The van der Waals surface area contributed by atoms with Gasteiger partial charge in [0.05, 0.1) is 35.1 Å². The molecule has 7 heteroatoms. The number of carbonyl (C=O) groups excluding carboxylic acids is 1. The van der Waals surface area contributed by atoms with Crippen molar-refractivity contribution in [3.05, 3.63) is 121 Å². The average Bonchev–Trinajstić information content (AvgIpc) is 3.27. The van der Waals surface area contributed by atoms with E-state index in [1.807, 2.05) is 91.9 Å². The highest BCUT2D eigenvalue weighted by Gasteiger charge is 2.34. The molecule has 0 amide bonds. The third-order valence-electron chi connectivity index (χ3n) is 7.14. The van der Waals surface area contributed by atoms with Gasteiger partial charge in [0.25, 0.3) is 5.56 Å². The Morgan fingerprint density at radius 1 is 0.925 bits per heavy atom. The molecule has 0 radical (unpaired) electrons. The molecular formula is C33H28N2O4S. The lowest BCUT2D eigenvalue weighted by atomic mass is 9.91. The summed E-state index contributed by atoms with van der Waals surface area (Å²) in [5.74, 6) is 0.240. The third kappa shape index (κ3) is 4.32. The molecule has 40 heavy (non-hydrogen) atoms. The van der Waals surface area contributed by atoms with Crippen LogP contribution in [0.2, 0.25) is 0 Å². The predicted molar refractivity (Wildman–Crippen MR) is 159 cm³/mol. The topological polar surface area (TPSA) is 69.9 Å². The zero-order valence-electron chi connectivity index (χ0n) is 22.5. The number of aromatic nitrogens is 1. The Morgan fingerprint density at radius 3 is 2.38 bits per heavy atom. The fourth-order valence-corrected chi connectivity index (χ4v) is 6.44. The van der Waals surface area contributed by atoms with Crippen LogP contribution in [0.3, 0.4) is 0 Å². The summed E-state index contributed by atoms with van der Waals surface area (Å²) in [6.45, 7) is 6.25. The fourth-order valence-electron chi connectivity index (χ4n) is 5.41. The van der Waals surface area contributed by atoms with E-state index < -0.39 is 12.0 Å². The fraction of sp³-hybridized carbons (Fsp3) is 0.182. The minimum absolute atomic E-state index is 0.216.